The average Bonchev–Trinajstić information content (AvgIpc) is 3.15. The van der Waals surface area contributed by atoms with Gasteiger partial charge >= 0.3 is 6.18 Å². The summed E-state index contributed by atoms with van der Waals surface area (Å²) in [5.41, 5.74) is 3.72. The van der Waals surface area contributed by atoms with E-state index < -0.39 is 35.4 Å². The van der Waals surface area contributed by atoms with Crippen LogP contribution >= 0.6 is 0 Å². The predicted molar refractivity (Wildman–Crippen MR) is 64.3 cm³/mol. The summed E-state index contributed by atoms with van der Waals surface area (Å²) < 4.78 is 38.6. The smallest absolute Gasteiger partial charge is 0.274 e. The second kappa shape index (κ2) is 5.15. The van der Waals surface area contributed by atoms with Crippen molar-refractivity contribution < 1.29 is 22.8 Å². The highest BCUT2D eigenvalue weighted by molar-refractivity contribution is 5.85. The minimum absolute atomic E-state index is 0.128. The normalized spacial score (nSPS) is 21.2. The number of carbonyl (C=O) groups excluding carboxylic acids is 2. The largest absolute Gasteiger partial charge is 0.416 e. The van der Waals surface area contributed by atoms with Crippen LogP contribution in [0.5, 0.6) is 0 Å². The highest BCUT2D eigenvalue weighted by Gasteiger charge is 2.47. The van der Waals surface area contributed by atoms with E-state index in [0.717, 1.165) is 6.07 Å². The third-order valence-corrected chi connectivity index (χ3v) is 3.15. The zero-order chi connectivity index (χ0) is 14.9. The van der Waals surface area contributed by atoms with Crippen LogP contribution in [0.25, 0.3) is 0 Å². The van der Waals surface area contributed by atoms with Crippen molar-refractivity contribution in [2.75, 3.05) is 0 Å². The lowest BCUT2D eigenvalue weighted by molar-refractivity contribution is -0.138. The molecule has 0 spiro atoms. The zero-order valence-corrected chi connectivity index (χ0v) is 10.6. The molecule has 2 amide bonds. The molecule has 1 saturated carbocycles. The fraction of sp³-hybridized carbons (Fsp3) is 0.385. The van der Waals surface area contributed by atoms with E-state index in [9.17, 15) is 22.8 Å². The van der Waals surface area contributed by atoms with Gasteiger partial charge in [0, 0.05) is 12.8 Å². The molecule has 20 heavy (non-hydrogen) atoms. The molecule has 0 saturated heterocycles. The van der Waals surface area contributed by atoms with Gasteiger partial charge in [0.2, 0.25) is 11.8 Å². The van der Waals surface area contributed by atoms with Gasteiger partial charge in [0.05, 0.1) is 5.56 Å². The van der Waals surface area contributed by atoms with E-state index in [2.05, 4.69) is 10.9 Å². The average molecular weight is 286 g/mol. The van der Waals surface area contributed by atoms with Crippen molar-refractivity contribution >= 4 is 11.8 Å². The molecule has 2 rings (SSSR count). The fourth-order valence-electron chi connectivity index (χ4n) is 2.15. The van der Waals surface area contributed by atoms with E-state index in [0.29, 0.717) is 6.42 Å². The maximum absolute atomic E-state index is 12.9. The molecule has 1 aliphatic rings. The van der Waals surface area contributed by atoms with Crippen LogP contribution in [0.3, 0.4) is 0 Å². The van der Waals surface area contributed by atoms with Crippen LogP contribution in [0, 0.1) is 5.92 Å². The second-order valence-corrected chi connectivity index (χ2v) is 4.70. The van der Waals surface area contributed by atoms with Gasteiger partial charge in [0.25, 0.3) is 0 Å². The lowest BCUT2D eigenvalue weighted by atomic mass is 10.0. The van der Waals surface area contributed by atoms with E-state index in [-0.39, 0.29) is 5.56 Å². The Bertz CT molecular complexity index is 543. The summed E-state index contributed by atoms with van der Waals surface area (Å²) in [6.45, 7) is 1.23. The molecule has 108 valence electrons. The van der Waals surface area contributed by atoms with Crippen LogP contribution in [0.1, 0.15) is 30.4 Å². The van der Waals surface area contributed by atoms with Crippen molar-refractivity contribution in [3.8, 4) is 0 Å². The van der Waals surface area contributed by atoms with E-state index in [1.54, 1.807) is 0 Å². The van der Waals surface area contributed by atoms with Gasteiger partial charge in [-0.25, -0.2) is 0 Å². The molecule has 0 radical (unpaired) electrons. The van der Waals surface area contributed by atoms with Gasteiger partial charge in [-0.2, -0.15) is 13.2 Å². The van der Waals surface area contributed by atoms with Crippen LogP contribution in [0.4, 0.5) is 13.2 Å². The van der Waals surface area contributed by atoms with Gasteiger partial charge in [0.15, 0.2) is 0 Å². The number of hydrogen-bond donors (Lipinski definition) is 2. The lowest BCUT2D eigenvalue weighted by Crippen LogP contribution is -2.41. The van der Waals surface area contributed by atoms with Crippen molar-refractivity contribution in [3.63, 3.8) is 0 Å². The lowest BCUT2D eigenvalue weighted by Gasteiger charge is -2.12. The molecule has 1 aromatic carbocycles. The molecule has 0 aromatic heterocycles. The summed E-state index contributed by atoms with van der Waals surface area (Å²) in [6.07, 6.45) is -4.09. The fourth-order valence-corrected chi connectivity index (χ4v) is 2.15. The quantitative estimate of drug-likeness (QED) is 0.817. The van der Waals surface area contributed by atoms with Crippen molar-refractivity contribution in [2.45, 2.75) is 25.4 Å². The number of nitrogens with one attached hydrogen (secondary N) is 2. The number of halogens is 3. The summed E-state index contributed by atoms with van der Waals surface area (Å²) in [5, 5.41) is 0. The maximum atomic E-state index is 12.9. The Morgan fingerprint density at radius 1 is 1.20 bits per heavy atom. The van der Waals surface area contributed by atoms with Gasteiger partial charge in [-0.05, 0) is 24.0 Å². The number of alkyl halides is 3. The summed E-state index contributed by atoms with van der Waals surface area (Å²) in [6, 6.07) is 5.24. The summed E-state index contributed by atoms with van der Waals surface area (Å²) >= 11 is 0. The summed E-state index contributed by atoms with van der Waals surface area (Å²) in [7, 11) is 0. The Kier molecular flexibility index (Phi) is 3.69. The Labute approximate surface area is 113 Å². The predicted octanol–water partition coefficient (Wildman–Crippen LogP) is 1.98. The molecule has 0 aliphatic heterocycles. The molecule has 0 unspecified atom stereocenters. The highest BCUT2D eigenvalue weighted by Crippen LogP contribution is 2.50. The van der Waals surface area contributed by atoms with Crippen LogP contribution in [-0.2, 0) is 15.8 Å². The first-order valence-corrected chi connectivity index (χ1v) is 6.03. The van der Waals surface area contributed by atoms with Crippen molar-refractivity contribution in [2.24, 2.45) is 5.92 Å². The Morgan fingerprint density at radius 2 is 1.85 bits per heavy atom. The first-order valence-electron chi connectivity index (χ1n) is 6.03. The van der Waals surface area contributed by atoms with Gasteiger partial charge in [-0.15, -0.1) is 0 Å². The molecular weight excluding hydrogens is 273 g/mol. The molecule has 1 aromatic rings. The summed E-state index contributed by atoms with van der Waals surface area (Å²) in [4.78, 5) is 22.3. The molecule has 2 N–H and O–H groups in total. The minimum Gasteiger partial charge on any atom is -0.274 e. The first-order chi connectivity index (χ1) is 9.30. The van der Waals surface area contributed by atoms with Gasteiger partial charge in [-0.1, -0.05) is 18.2 Å². The molecule has 1 fully saturated rings. The van der Waals surface area contributed by atoms with Crippen molar-refractivity contribution in [1.82, 2.24) is 10.9 Å². The first kappa shape index (κ1) is 14.4. The van der Waals surface area contributed by atoms with E-state index >= 15 is 0 Å². The SMILES string of the molecule is CC(=O)NNC(=O)[C@@H]1C[C@H]1c1ccccc1C(F)(F)F. The Hall–Kier alpha value is -2.05. The maximum Gasteiger partial charge on any atom is 0.416 e. The topological polar surface area (TPSA) is 58.2 Å². The Balaban J connectivity index is 2.09. The third kappa shape index (κ3) is 3.09. The standard InChI is InChI=1S/C13H13F3N2O2/c1-7(19)17-18-12(20)10-6-9(10)8-4-2-3-5-11(8)13(14,15)16/h2-5,9-10H,6H2,1H3,(H,17,19)(H,18,20)/t9-,10+/m0/s1. The minimum atomic E-state index is -4.43. The number of rotatable bonds is 2. The molecule has 0 heterocycles. The molecule has 2 atom stereocenters. The third-order valence-electron chi connectivity index (χ3n) is 3.15. The van der Waals surface area contributed by atoms with Crippen molar-refractivity contribution in [3.05, 3.63) is 35.4 Å². The van der Waals surface area contributed by atoms with Gasteiger partial charge in [0.1, 0.15) is 0 Å². The second-order valence-electron chi connectivity index (χ2n) is 4.70. The van der Waals surface area contributed by atoms with E-state index in [1.807, 2.05) is 0 Å². The van der Waals surface area contributed by atoms with E-state index in [1.165, 1.54) is 25.1 Å². The molecule has 0 bridgehead atoms. The molecular formula is C13H13F3N2O2. The Morgan fingerprint density at radius 3 is 2.45 bits per heavy atom. The van der Waals surface area contributed by atoms with Crippen molar-refractivity contribution in [1.29, 1.82) is 0 Å². The number of hydrazine groups is 1. The number of carbonyl (C=O) groups is 2. The van der Waals surface area contributed by atoms with Crippen LogP contribution in [0.2, 0.25) is 0 Å². The summed E-state index contributed by atoms with van der Waals surface area (Å²) in [5.74, 6) is -1.90. The molecule has 1 aliphatic carbocycles. The number of hydrogen-bond acceptors (Lipinski definition) is 2. The van der Waals surface area contributed by atoms with Crippen LogP contribution in [0.15, 0.2) is 24.3 Å². The van der Waals surface area contributed by atoms with E-state index in [4.69, 9.17) is 0 Å². The van der Waals surface area contributed by atoms with Gasteiger partial charge < -0.3 is 0 Å². The molecule has 4 nitrogen and oxygen atoms in total. The monoisotopic (exact) mass is 286 g/mol. The zero-order valence-electron chi connectivity index (χ0n) is 10.6. The van der Waals surface area contributed by atoms with Gasteiger partial charge in [-0.3, -0.25) is 20.4 Å². The van der Waals surface area contributed by atoms with Crippen LogP contribution in [-0.4, -0.2) is 11.8 Å². The number of amides is 2. The van der Waals surface area contributed by atoms with Crippen LogP contribution < -0.4 is 10.9 Å². The highest BCUT2D eigenvalue weighted by atomic mass is 19.4. The molecule has 7 heteroatoms. The number of benzene rings is 1.